The van der Waals surface area contributed by atoms with Crippen LogP contribution in [0.2, 0.25) is 0 Å². The van der Waals surface area contributed by atoms with Crippen LogP contribution in [0.4, 0.5) is 5.69 Å². The summed E-state index contributed by atoms with van der Waals surface area (Å²) in [6, 6.07) is 9.26. The molecule has 1 aliphatic heterocycles. The predicted molar refractivity (Wildman–Crippen MR) is 90.1 cm³/mol. The van der Waals surface area contributed by atoms with Crippen molar-refractivity contribution >= 4 is 29.9 Å². The van der Waals surface area contributed by atoms with E-state index < -0.39 is 0 Å². The molecule has 0 radical (unpaired) electrons. The average Bonchev–Trinajstić information content (AvgIpc) is 2.53. The summed E-state index contributed by atoms with van der Waals surface area (Å²) in [7, 11) is 1.72. The Kier molecular flexibility index (Phi) is 7.35. The second-order valence-corrected chi connectivity index (χ2v) is 5.38. The quantitative estimate of drug-likeness (QED) is 0.897. The lowest BCUT2D eigenvalue weighted by atomic mass is 10.0. The molecule has 1 heterocycles. The maximum atomic E-state index is 12.7. The minimum atomic E-state index is -0.357. The normalized spacial score (nSPS) is 17.8. The van der Waals surface area contributed by atoms with Gasteiger partial charge in [0.1, 0.15) is 6.04 Å². The zero-order valence-corrected chi connectivity index (χ0v) is 13.7. The van der Waals surface area contributed by atoms with Crippen molar-refractivity contribution < 1.29 is 9.59 Å². The van der Waals surface area contributed by atoms with Crippen LogP contribution in [0.15, 0.2) is 30.3 Å². The molecule has 22 heavy (non-hydrogen) atoms. The smallest absolute Gasteiger partial charge is 0.249 e. The molecule has 1 aromatic carbocycles. The molecule has 2 amide bonds. The molecule has 1 aromatic rings. The first-order chi connectivity index (χ1) is 10.1. The van der Waals surface area contributed by atoms with Crippen molar-refractivity contribution in [2.45, 2.75) is 31.7 Å². The number of benzene rings is 1. The molecule has 1 fully saturated rings. The van der Waals surface area contributed by atoms with E-state index in [0.29, 0.717) is 25.9 Å². The van der Waals surface area contributed by atoms with Gasteiger partial charge in [0.15, 0.2) is 0 Å². The highest BCUT2D eigenvalue weighted by molar-refractivity contribution is 5.99. The largest absolute Gasteiger partial charge is 0.334 e. The Morgan fingerprint density at radius 1 is 1.36 bits per heavy atom. The number of nitrogens with zero attached hydrogens (tertiary/aromatic N) is 2. The molecule has 2 N–H and O–H groups in total. The van der Waals surface area contributed by atoms with Crippen molar-refractivity contribution in [1.29, 1.82) is 0 Å². The molecule has 1 aliphatic rings. The number of hydrogen-bond acceptors (Lipinski definition) is 3. The Morgan fingerprint density at radius 3 is 2.68 bits per heavy atom. The Hall–Kier alpha value is -1.59. The SMILES string of the molecule is CN(C(=O)CCCN)C1CCCN(c2ccccc2)C1=O.Cl. The molecule has 0 spiro atoms. The number of para-hydroxylation sites is 1. The molecular weight excluding hydrogens is 302 g/mol. The van der Waals surface area contributed by atoms with Gasteiger partial charge in [-0.3, -0.25) is 9.59 Å². The standard InChI is InChI=1S/C16H23N3O2.ClH/c1-18(15(20)10-5-11-17)14-9-6-12-19(16(14)21)13-7-3-2-4-8-13;/h2-4,7-8,14H,5-6,9-12,17H2,1H3;1H. The van der Waals surface area contributed by atoms with Crippen LogP contribution in [0.25, 0.3) is 0 Å². The number of anilines is 1. The van der Waals surface area contributed by atoms with E-state index in [9.17, 15) is 9.59 Å². The summed E-state index contributed by atoms with van der Waals surface area (Å²) in [5, 5.41) is 0. The van der Waals surface area contributed by atoms with E-state index in [2.05, 4.69) is 0 Å². The van der Waals surface area contributed by atoms with Gasteiger partial charge in [-0.2, -0.15) is 0 Å². The fraction of sp³-hybridized carbons (Fsp3) is 0.500. The van der Waals surface area contributed by atoms with Crippen LogP contribution in [0, 0.1) is 0 Å². The lowest BCUT2D eigenvalue weighted by Gasteiger charge is -2.36. The zero-order valence-electron chi connectivity index (χ0n) is 12.9. The van der Waals surface area contributed by atoms with Gasteiger partial charge in [0.2, 0.25) is 11.8 Å². The van der Waals surface area contributed by atoms with Gasteiger partial charge in [-0.1, -0.05) is 18.2 Å². The van der Waals surface area contributed by atoms with E-state index in [1.54, 1.807) is 16.8 Å². The van der Waals surface area contributed by atoms with Gasteiger partial charge in [-0.25, -0.2) is 0 Å². The third-order valence-corrected chi connectivity index (χ3v) is 3.93. The van der Waals surface area contributed by atoms with Crippen LogP contribution in [-0.2, 0) is 9.59 Å². The Labute approximate surface area is 137 Å². The Morgan fingerprint density at radius 2 is 2.05 bits per heavy atom. The molecule has 1 saturated heterocycles. The molecule has 0 bridgehead atoms. The first kappa shape index (κ1) is 18.5. The molecule has 2 rings (SSSR count). The molecule has 6 heteroatoms. The number of rotatable bonds is 5. The lowest BCUT2D eigenvalue weighted by molar-refractivity contribution is -0.139. The molecule has 0 aliphatic carbocycles. The number of hydrogen-bond donors (Lipinski definition) is 1. The first-order valence-corrected chi connectivity index (χ1v) is 7.47. The molecule has 0 saturated carbocycles. The Bertz CT molecular complexity index is 495. The van der Waals surface area contributed by atoms with Gasteiger partial charge in [-0.15, -0.1) is 12.4 Å². The van der Waals surface area contributed by atoms with Gasteiger partial charge < -0.3 is 15.5 Å². The van der Waals surface area contributed by atoms with E-state index >= 15 is 0 Å². The number of piperidine rings is 1. The predicted octanol–water partition coefficient (Wildman–Crippen LogP) is 1.80. The summed E-state index contributed by atoms with van der Waals surface area (Å²) in [5.41, 5.74) is 6.33. The van der Waals surface area contributed by atoms with Gasteiger partial charge in [0, 0.05) is 25.7 Å². The van der Waals surface area contributed by atoms with Crippen molar-refractivity contribution in [3.8, 4) is 0 Å². The van der Waals surface area contributed by atoms with Crippen LogP contribution < -0.4 is 10.6 Å². The van der Waals surface area contributed by atoms with Crippen molar-refractivity contribution in [2.75, 3.05) is 25.0 Å². The number of carbonyl (C=O) groups is 2. The number of nitrogens with two attached hydrogens (primary N) is 1. The van der Waals surface area contributed by atoms with Crippen LogP contribution >= 0.6 is 12.4 Å². The van der Waals surface area contributed by atoms with E-state index in [4.69, 9.17) is 5.73 Å². The van der Waals surface area contributed by atoms with Crippen LogP contribution in [0.1, 0.15) is 25.7 Å². The van der Waals surface area contributed by atoms with Crippen molar-refractivity contribution in [3.63, 3.8) is 0 Å². The summed E-state index contributed by atoms with van der Waals surface area (Å²) < 4.78 is 0. The first-order valence-electron chi connectivity index (χ1n) is 7.47. The minimum absolute atomic E-state index is 0. The fourth-order valence-corrected chi connectivity index (χ4v) is 2.68. The van der Waals surface area contributed by atoms with E-state index in [1.165, 1.54) is 0 Å². The summed E-state index contributed by atoms with van der Waals surface area (Å²) in [4.78, 5) is 28.1. The highest BCUT2D eigenvalue weighted by Crippen LogP contribution is 2.23. The summed E-state index contributed by atoms with van der Waals surface area (Å²) >= 11 is 0. The second-order valence-electron chi connectivity index (χ2n) is 5.38. The molecule has 1 unspecified atom stereocenters. The maximum absolute atomic E-state index is 12.7. The summed E-state index contributed by atoms with van der Waals surface area (Å²) in [6.07, 6.45) is 2.70. The molecular formula is C16H24ClN3O2. The number of likely N-dealkylation sites (N-methyl/N-ethyl adjacent to an activating group) is 1. The maximum Gasteiger partial charge on any atom is 0.249 e. The summed E-state index contributed by atoms with van der Waals surface area (Å²) in [5.74, 6) is 0.00441. The van der Waals surface area contributed by atoms with E-state index in [-0.39, 0.29) is 30.3 Å². The highest BCUT2D eigenvalue weighted by Gasteiger charge is 2.34. The van der Waals surface area contributed by atoms with Gasteiger partial charge in [-0.05, 0) is 37.9 Å². The zero-order chi connectivity index (χ0) is 15.2. The number of halogens is 1. The lowest BCUT2D eigenvalue weighted by Crippen LogP contribution is -2.53. The fourth-order valence-electron chi connectivity index (χ4n) is 2.68. The van der Waals surface area contributed by atoms with Crippen LogP contribution in [-0.4, -0.2) is 42.9 Å². The van der Waals surface area contributed by atoms with Crippen LogP contribution in [0.3, 0.4) is 0 Å². The Balaban J connectivity index is 0.00000242. The van der Waals surface area contributed by atoms with Gasteiger partial charge in [0.25, 0.3) is 0 Å². The number of carbonyl (C=O) groups excluding carboxylic acids is 2. The monoisotopic (exact) mass is 325 g/mol. The van der Waals surface area contributed by atoms with Crippen LogP contribution in [0.5, 0.6) is 0 Å². The molecule has 5 nitrogen and oxygen atoms in total. The average molecular weight is 326 g/mol. The van der Waals surface area contributed by atoms with Crippen molar-refractivity contribution in [1.82, 2.24) is 4.90 Å². The van der Waals surface area contributed by atoms with Gasteiger partial charge >= 0.3 is 0 Å². The summed E-state index contributed by atoms with van der Waals surface area (Å²) in [6.45, 7) is 1.21. The van der Waals surface area contributed by atoms with Crippen molar-refractivity contribution in [2.24, 2.45) is 5.73 Å². The molecule has 1 atom stereocenters. The van der Waals surface area contributed by atoms with E-state index in [1.807, 2.05) is 30.3 Å². The van der Waals surface area contributed by atoms with E-state index in [0.717, 1.165) is 18.5 Å². The minimum Gasteiger partial charge on any atom is -0.334 e. The molecule has 122 valence electrons. The third kappa shape index (κ3) is 4.21. The highest BCUT2D eigenvalue weighted by atomic mass is 35.5. The topological polar surface area (TPSA) is 66.6 Å². The van der Waals surface area contributed by atoms with Crippen molar-refractivity contribution in [3.05, 3.63) is 30.3 Å². The third-order valence-electron chi connectivity index (χ3n) is 3.93. The van der Waals surface area contributed by atoms with Gasteiger partial charge in [0.05, 0.1) is 0 Å². The number of amides is 2. The molecule has 0 aromatic heterocycles. The second kappa shape index (κ2) is 8.76.